The molecule has 0 bridgehead atoms. The summed E-state index contributed by atoms with van der Waals surface area (Å²) in [5.74, 6) is 1.14. The van der Waals surface area contributed by atoms with Crippen LogP contribution in [-0.2, 0) is 11.2 Å². The van der Waals surface area contributed by atoms with Crippen molar-refractivity contribution in [1.29, 1.82) is 0 Å². The lowest BCUT2D eigenvalue weighted by Crippen LogP contribution is -2.11. The zero-order chi connectivity index (χ0) is 19.2. The molecule has 0 aliphatic rings. The molecule has 2 heterocycles. The van der Waals surface area contributed by atoms with Crippen molar-refractivity contribution in [2.45, 2.75) is 19.3 Å². The fraction of sp³-hybridized carbons (Fsp3) is 0.136. The van der Waals surface area contributed by atoms with E-state index in [4.69, 9.17) is 4.52 Å². The number of hydrogen-bond donors (Lipinski definition) is 1. The maximum atomic E-state index is 12.2. The molecule has 0 aliphatic heterocycles. The normalized spacial score (nSPS) is 10.7. The van der Waals surface area contributed by atoms with E-state index in [1.165, 1.54) is 0 Å². The molecule has 140 valence electrons. The summed E-state index contributed by atoms with van der Waals surface area (Å²) in [5.41, 5.74) is 3.07. The van der Waals surface area contributed by atoms with Crippen molar-refractivity contribution in [2.24, 2.45) is 0 Å². The summed E-state index contributed by atoms with van der Waals surface area (Å²) in [4.78, 5) is 17.5. The van der Waals surface area contributed by atoms with Gasteiger partial charge >= 0.3 is 0 Å². The van der Waals surface area contributed by atoms with Crippen LogP contribution in [0.3, 0.4) is 0 Å². The second kappa shape index (κ2) is 8.63. The molecule has 4 rings (SSSR count). The molecule has 0 atom stereocenters. The molecule has 2 aromatic carbocycles. The van der Waals surface area contributed by atoms with Gasteiger partial charge in [-0.2, -0.15) is 4.98 Å². The summed E-state index contributed by atoms with van der Waals surface area (Å²) in [6.45, 7) is 0. The van der Waals surface area contributed by atoms with Crippen LogP contribution in [0.15, 0.2) is 76.6 Å². The number of aromatic nitrogens is 2. The van der Waals surface area contributed by atoms with Crippen molar-refractivity contribution in [2.75, 3.05) is 5.32 Å². The van der Waals surface area contributed by atoms with Crippen LogP contribution < -0.4 is 5.32 Å². The predicted octanol–water partition coefficient (Wildman–Crippen LogP) is 5.43. The van der Waals surface area contributed by atoms with Crippen LogP contribution in [0, 0.1) is 0 Å². The highest BCUT2D eigenvalue weighted by atomic mass is 32.1. The molecule has 1 amide bonds. The number of carbonyl (C=O) groups is 1. The van der Waals surface area contributed by atoms with Gasteiger partial charge in [-0.15, -0.1) is 11.3 Å². The number of nitrogens with one attached hydrogen (secondary N) is 1. The number of anilines is 1. The summed E-state index contributed by atoms with van der Waals surface area (Å²) in [6.07, 6.45) is 1.63. The quantitative estimate of drug-likeness (QED) is 0.458. The first-order valence-electron chi connectivity index (χ1n) is 9.10. The first-order valence-corrected chi connectivity index (χ1v) is 9.98. The van der Waals surface area contributed by atoms with Gasteiger partial charge in [0.1, 0.15) is 0 Å². The number of hydrogen-bond acceptors (Lipinski definition) is 5. The minimum atomic E-state index is -0.0227. The average molecular weight is 389 g/mol. The summed E-state index contributed by atoms with van der Waals surface area (Å²) >= 11 is 1.57. The zero-order valence-corrected chi connectivity index (χ0v) is 16.0. The van der Waals surface area contributed by atoms with E-state index in [9.17, 15) is 4.79 Å². The number of nitrogens with zero attached hydrogens (tertiary/aromatic N) is 2. The predicted molar refractivity (Wildman–Crippen MR) is 111 cm³/mol. The largest absolute Gasteiger partial charge is 0.339 e. The fourth-order valence-electron chi connectivity index (χ4n) is 2.86. The van der Waals surface area contributed by atoms with Gasteiger partial charge in [-0.05, 0) is 41.1 Å². The van der Waals surface area contributed by atoms with Crippen molar-refractivity contribution in [3.8, 4) is 21.8 Å². The van der Waals surface area contributed by atoms with E-state index in [0.717, 1.165) is 21.7 Å². The van der Waals surface area contributed by atoms with Crippen LogP contribution in [0.1, 0.15) is 18.7 Å². The van der Waals surface area contributed by atoms with Gasteiger partial charge in [-0.25, -0.2) is 0 Å². The lowest BCUT2D eigenvalue weighted by Gasteiger charge is -2.06. The number of carbonyl (C=O) groups excluding carboxylic acids is 1. The second-order valence-electron chi connectivity index (χ2n) is 6.33. The fourth-order valence-corrected chi connectivity index (χ4v) is 3.51. The minimum Gasteiger partial charge on any atom is -0.339 e. The Kier molecular flexibility index (Phi) is 5.58. The Morgan fingerprint density at radius 3 is 2.50 bits per heavy atom. The number of amides is 1. The van der Waals surface area contributed by atoms with Crippen LogP contribution in [0.2, 0.25) is 0 Å². The monoisotopic (exact) mass is 389 g/mol. The summed E-state index contributed by atoms with van der Waals surface area (Å²) < 4.78 is 5.26. The topological polar surface area (TPSA) is 68.0 Å². The number of thiophene rings is 1. The standard InChI is InChI=1S/C22H19N3O2S/c26-20(9-4-10-21-24-22(25-27-21)19-8-5-15-28-19)23-18-13-11-17(12-14-18)16-6-2-1-3-7-16/h1-3,5-8,11-15H,4,9-10H2,(H,23,26). The Balaban J connectivity index is 1.26. The Hall–Kier alpha value is -3.25. The molecule has 1 N–H and O–H groups in total. The van der Waals surface area contributed by atoms with E-state index >= 15 is 0 Å². The lowest BCUT2D eigenvalue weighted by molar-refractivity contribution is -0.116. The van der Waals surface area contributed by atoms with Gasteiger partial charge in [0.05, 0.1) is 4.88 Å². The van der Waals surface area contributed by atoms with Gasteiger partial charge in [0.25, 0.3) is 0 Å². The van der Waals surface area contributed by atoms with Gasteiger partial charge in [0.2, 0.25) is 17.6 Å². The molecule has 6 heteroatoms. The Labute approximate surface area is 167 Å². The third-order valence-electron chi connectivity index (χ3n) is 4.28. The molecule has 2 aromatic heterocycles. The third-order valence-corrected chi connectivity index (χ3v) is 5.15. The zero-order valence-electron chi connectivity index (χ0n) is 15.2. The average Bonchev–Trinajstić information content (AvgIpc) is 3.41. The Morgan fingerprint density at radius 2 is 1.75 bits per heavy atom. The molecule has 28 heavy (non-hydrogen) atoms. The van der Waals surface area contributed by atoms with Crippen LogP contribution in [0.4, 0.5) is 5.69 Å². The van der Waals surface area contributed by atoms with E-state index in [0.29, 0.717) is 31.0 Å². The molecule has 5 nitrogen and oxygen atoms in total. The highest BCUT2D eigenvalue weighted by Crippen LogP contribution is 2.22. The van der Waals surface area contributed by atoms with Gasteiger partial charge in [0.15, 0.2) is 0 Å². The van der Waals surface area contributed by atoms with E-state index < -0.39 is 0 Å². The molecule has 0 unspecified atom stereocenters. The summed E-state index contributed by atoms with van der Waals surface area (Å²) in [7, 11) is 0. The molecule has 0 saturated carbocycles. The molecular formula is C22H19N3O2S. The molecule has 0 fully saturated rings. The van der Waals surface area contributed by atoms with Gasteiger partial charge < -0.3 is 9.84 Å². The highest BCUT2D eigenvalue weighted by Gasteiger charge is 2.10. The highest BCUT2D eigenvalue weighted by molar-refractivity contribution is 7.13. The number of benzene rings is 2. The molecule has 4 aromatic rings. The van der Waals surface area contributed by atoms with Crippen molar-refractivity contribution in [1.82, 2.24) is 10.1 Å². The van der Waals surface area contributed by atoms with Gasteiger partial charge in [-0.1, -0.05) is 53.7 Å². The third kappa shape index (κ3) is 4.53. The maximum absolute atomic E-state index is 12.2. The summed E-state index contributed by atoms with van der Waals surface area (Å²) in [6, 6.07) is 21.9. The van der Waals surface area contributed by atoms with E-state index in [1.807, 2.05) is 60.0 Å². The SMILES string of the molecule is O=C(CCCc1nc(-c2cccs2)no1)Nc1ccc(-c2ccccc2)cc1. The van der Waals surface area contributed by atoms with Crippen LogP contribution in [-0.4, -0.2) is 16.0 Å². The van der Waals surface area contributed by atoms with E-state index in [1.54, 1.807) is 11.3 Å². The molecule has 0 saturated heterocycles. The maximum Gasteiger partial charge on any atom is 0.226 e. The van der Waals surface area contributed by atoms with Crippen molar-refractivity contribution >= 4 is 22.9 Å². The lowest BCUT2D eigenvalue weighted by atomic mass is 10.1. The summed E-state index contributed by atoms with van der Waals surface area (Å²) in [5, 5.41) is 8.89. The van der Waals surface area contributed by atoms with E-state index in [-0.39, 0.29) is 5.91 Å². The van der Waals surface area contributed by atoms with Gasteiger partial charge in [0, 0.05) is 18.5 Å². The van der Waals surface area contributed by atoms with Gasteiger partial charge in [-0.3, -0.25) is 4.79 Å². The number of rotatable bonds is 7. The first kappa shape index (κ1) is 18.1. The molecular weight excluding hydrogens is 370 g/mol. The van der Waals surface area contributed by atoms with Crippen molar-refractivity contribution in [3.63, 3.8) is 0 Å². The minimum absolute atomic E-state index is 0.0227. The smallest absolute Gasteiger partial charge is 0.226 e. The molecule has 0 aliphatic carbocycles. The Morgan fingerprint density at radius 1 is 0.964 bits per heavy atom. The van der Waals surface area contributed by atoms with E-state index in [2.05, 4.69) is 27.6 Å². The van der Waals surface area contributed by atoms with Crippen LogP contribution in [0.5, 0.6) is 0 Å². The van der Waals surface area contributed by atoms with Crippen molar-refractivity contribution < 1.29 is 9.32 Å². The first-order chi connectivity index (χ1) is 13.8. The second-order valence-corrected chi connectivity index (χ2v) is 7.28. The van der Waals surface area contributed by atoms with Crippen LogP contribution >= 0.6 is 11.3 Å². The number of aryl methyl sites for hydroxylation is 1. The molecule has 0 radical (unpaired) electrons. The van der Waals surface area contributed by atoms with Crippen molar-refractivity contribution in [3.05, 3.63) is 78.0 Å². The Bertz CT molecular complexity index is 1030. The molecule has 0 spiro atoms. The van der Waals surface area contributed by atoms with Crippen LogP contribution in [0.25, 0.3) is 21.8 Å².